The molecular weight excluding hydrogens is 405 g/mol. The van der Waals surface area contributed by atoms with E-state index in [2.05, 4.69) is 96.3 Å². The Labute approximate surface area is 192 Å². The molecule has 156 valence electrons. The Morgan fingerprint density at radius 3 is 1.58 bits per heavy atom. The predicted octanol–water partition coefficient (Wildman–Crippen LogP) is 7.91. The molecule has 2 aliphatic carbocycles. The van der Waals surface area contributed by atoms with Crippen molar-refractivity contribution >= 4 is 11.4 Å². The molecule has 0 bridgehead atoms. The second-order valence-electron chi connectivity index (χ2n) is 8.78. The predicted molar refractivity (Wildman–Crippen MR) is 132 cm³/mol. The van der Waals surface area contributed by atoms with Crippen molar-refractivity contribution in [1.29, 1.82) is 0 Å². The van der Waals surface area contributed by atoms with Gasteiger partial charge in [-0.05, 0) is 74.8 Å². The summed E-state index contributed by atoms with van der Waals surface area (Å²) in [6.45, 7) is 0. The van der Waals surface area contributed by atoms with Crippen molar-refractivity contribution in [2.75, 3.05) is 5.32 Å². The van der Waals surface area contributed by atoms with Crippen molar-refractivity contribution in [3.8, 4) is 22.3 Å². The fourth-order valence-electron chi connectivity index (χ4n) is 5.91. The van der Waals surface area contributed by atoms with Gasteiger partial charge in [0.05, 0.1) is 5.41 Å². The number of nitrogens with one attached hydrogen (secondary N) is 1. The summed E-state index contributed by atoms with van der Waals surface area (Å²) in [6, 6.07) is 39.5. The summed E-state index contributed by atoms with van der Waals surface area (Å²) in [5.74, 6) is -0.246. The molecule has 0 atom stereocenters. The molecule has 7 rings (SSSR count). The number of benzene rings is 5. The summed E-state index contributed by atoms with van der Waals surface area (Å²) in [5.41, 5.74) is 11.7. The van der Waals surface area contributed by atoms with E-state index in [9.17, 15) is 4.39 Å². The lowest BCUT2D eigenvalue weighted by Gasteiger charge is -2.30. The van der Waals surface area contributed by atoms with Crippen LogP contribution in [-0.2, 0) is 5.41 Å². The summed E-state index contributed by atoms with van der Waals surface area (Å²) in [6.07, 6.45) is 0. The molecule has 0 saturated carbocycles. The molecule has 0 heterocycles. The fraction of sp³-hybridized carbons (Fsp3) is 0.0323. The SMILES string of the molecule is Fc1cccc(Nc2ccc3c(c2)-c2ccccc2C32c3ccccc3-c3ccccc32)c1. The monoisotopic (exact) mass is 425 g/mol. The second-order valence-corrected chi connectivity index (χ2v) is 8.78. The largest absolute Gasteiger partial charge is 0.355 e. The Hall–Kier alpha value is -4.17. The van der Waals surface area contributed by atoms with E-state index >= 15 is 0 Å². The third kappa shape index (κ3) is 2.41. The minimum atomic E-state index is -0.323. The molecule has 1 N–H and O–H groups in total. The molecule has 5 aromatic carbocycles. The van der Waals surface area contributed by atoms with Crippen LogP contribution in [0.2, 0.25) is 0 Å². The summed E-state index contributed by atoms with van der Waals surface area (Å²) in [4.78, 5) is 0. The van der Waals surface area contributed by atoms with E-state index in [1.165, 1.54) is 56.6 Å². The van der Waals surface area contributed by atoms with E-state index in [0.717, 1.165) is 11.4 Å². The Bertz CT molecular complexity index is 1520. The van der Waals surface area contributed by atoms with Gasteiger partial charge in [-0.1, -0.05) is 84.9 Å². The van der Waals surface area contributed by atoms with E-state index in [0.29, 0.717) is 0 Å². The maximum Gasteiger partial charge on any atom is 0.125 e. The van der Waals surface area contributed by atoms with Crippen LogP contribution in [-0.4, -0.2) is 0 Å². The molecule has 2 aliphatic rings. The van der Waals surface area contributed by atoms with E-state index in [1.807, 2.05) is 6.07 Å². The van der Waals surface area contributed by atoms with Gasteiger partial charge in [0.1, 0.15) is 5.82 Å². The quantitative estimate of drug-likeness (QED) is 0.297. The Morgan fingerprint density at radius 1 is 0.455 bits per heavy atom. The van der Waals surface area contributed by atoms with E-state index in [4.69, 9.17) is 0 Å². The van der Waals surface area contributed by atoms with Crippen molar-refractivity contribution in [2.45, 2.75) is 5.41 Å². The summed E-state index contributed by atoms with van der Waals surface area (Å²) in [7, 11) is 0. The number of hydrogen-bond donors (Lipinski definition) is 1. The molecular formula is C31H20FN. The van der Waals surface area contributed by atoms with Gasteiger partial charge in [0.15, 0.2) is 0 Å². The van der Waals surface area contributed by atoms with Crippen molar-refractivity contribution in [3.63, 3.8) is 0 Å². The maximum absolute atomic E-state index is 13.7. The molecule has 0 amide bonds. The fourth-order valence-corrected chi connectivity index (χ4v) is 5.91. The van der Waals surface area contributed by atoms with Gasteiger partial charge < -0.3 is 5.32 Å². The molecule has 1 spiro atoms. The highest BCUT2D eigenvalue weighted by atomic mass is 19.1. The topological polar surface area (TPSA) is 12.0 Å². The number of fused-ring (bicyclic) bond motifs is 10. The lowest BCUT2D eigenvalue weighted by atomic mass is 9.70. The molecule has 0 unspecified atom stereocenters. The number of hydrogen-bond acceptors (Lipinski definition) is 1. The highest BCUT2D eigenvalue weighted by Gasteiger charge is 2.51. The highest BCUT2D eigenvalue weighted by molar-refractivity contribution is 5.95. The number of halogens is 1. The molecule has 0 aliphatic heterocycles. The average molecular weight is 426 g/mol. The Balaban J connectivity index is 1.50. The van der Waals surface area contributed by atoms with Gasteiger partial charge in [-0.25, -0.2) is 4.39 Å². The zero-order chi connectivity index (χ0) is 22.0. The minimum absolute atomic E-state index is 0.246. The highest BCUT2D eigenvalue weighted by Crippen LogP contribution is 2.62. The summed E-state index contributed by atoms with van der Waals surface area (Å²) < 4.78 is 13.7. The smallest absolute Gasteiger partial charge is 0.125 e. The molecule has 5 aromatic rings. The molecule has 0 fully saturated rings. The van der Waals surface area contributed by atoms with E-state index in [1.54, 1.807) is 6.07 Å². The lowest BCUT2D eigenvalue weighted by Crippen LogP contribution is -2.25. The van der Waals surface area contributed by atoms with E-state index in [-0.39, 0.29) is 11.2 Å². The molecule has 2 heteroatoms. The molecule has 1 nitrogen and oxygen atoms in total. The normalized spacial score (nSPS) is 13.8. The van der Waals surface area contributed by atoms with Crippen molar-refractivity contribution in [3.05, 3.63) is 143 Å². The third-order valence-electron chi connectivity index (χ3n) is 7.11. The van der Waals surface area contributed by atoms with Gasteiger partial charge in [0, 0.05) is 11.4 Å². The molecule has 0 radical (unpaired) electrons. The summed E-state index contributed by atoms with van der Waals surface area (Å²) >= 11 is 0. The van der Waals surface area contributed by atoms with Crippen LogP contribution >= 0.6 is 0 Å². The first kappa shape index (κ1) is 18.4. The first-order valence-corrected chi connectivity index (χ1v) is 11.2. The second kappa shape index (κ2) is 6.66. The zero-order valence-electron chi connectivity index (χ0n) is 17.8. The lowest BCUT2D eigenvalue weighted by molar-refractivity contribution is 0.628. The van der Waals surface area contributed by atoms with Gasteiger partial charge in [0.2, 0.25) is 0 Å². The molecule has 0 saturated heterocycles. The van der Waals surface area contributed by atoms with Gasteiger partial charge in [-0.3, -0.25) is 0 Å². The van der Waals surface area contributed by atoms with Crippen LogP contribution in [0.5, 0.6) is 0 Å². The summed E-state index contributed by atoms with van der Waals surface area (Å²) in [5, 5.41) is 3.38. The van der Waals surface area contributed by atoms with Crippen LogP contribution in [0.15, 0.2) is 115 Å². The van der Waals surface area contributed by atoms with Crippen molar-refractivity contribution < 1.29 is 4.39 Å². The average Bonchev–Trinajstić information content (AvgIpc) is 3.31. The number of rotatable bonds is 2. The first-order valence-electron chi connectivity index (χ1n) is 11.2. The minimum Gasteiger partial charge on any atom is -0.355 e. The van der Waals surface area contributed by atoms with Gasteiger partial charge >= 0.3 is 0 Å². The van der Waals surface area contributed by atoms with Crippen LogP contribution in [0.1, 0.15) is 22.3 Å². The van der Waals surface area contributed by atoms with Crippen LogP contribution < -0.4 is 5.32 Å². The van der Waals surface area contributed by atoms with Crippen LogP contribution in [0, 0.1) is 5.82 Å². The zero-order valence-corrected chi connectivity index (χ0v) is 17.8. The van der Waals surface area contributed by atoms with Crippen LogP contribution in [0.3, 0.4) is 0 Å². The van der Waals surface area contributed by atoms with Crippen LogP contribution in [0.4, 0.5) is 15.8 Å². The number of anilines is 2. The van der Waals surface area contributed by atoms with Gasteiger partial charge in [0.25, 0.3) is 0 Å². The van der Waals surface area contributed by atoms with Gasteiger partial charge in [-0.2, -0.15) is 0 Å². The van der Waals surface area contributed by atoms with E-state index < -0.39 is 0 Å². The van der Waals surface area contributed by atoms with Crippen LogP contribution in [0.25, 0.3) is 22.3 Å². The first-order chi connectivity index (χ1) is 16.3. The third-order valence-corrected chi connectivity index (χ3v) is 7.11. The standard InChI is InChI=1S/C31H20FN/c32-20-8-7-9-21(18-20)33-22-16-17-30-26(19-22)25-12-3-6-15-29(25)31(30)27-13-4-1-10-23(27)24-11-2-5-14-28(24)31/h1-19,33H. The Kier molecular flexibility index (Phi) is 3.72. The Morgan fingerprint density at radius 2 is 0.970 bits per heavy atom. The molecule has 0 aromatic heterocycles. The maximum atomic E-state index is 13.7. The van der Waals surface area contributed by atoms with Crippen molar-refractivity contribution in [1.82, 2.24) is 0 Å². The van der Waals surface area contributed by atoms with Crippen molar-refractivity contribution in [2.24, 2.45) is 0 Å². The molecule has 33 heavy (non-hydrogen) atoms. The van der Waals surface area contributed by atoms with Gasteiger partial charge in [-0.15, -0.1) is 0 Å².